The third-order valence-electron chi connectivity index (χ3n) is 4.95. The van der Waals surface area contributed by atoms with Crippen LogP contribution in [0.15, 0.2) is 48.8 Å². The topological polar surface area (TPSA) is 114 Å². The lowest BCUT2D eigenvalue weighted by atomic mass is 9.87. The van der Waals surface area contributed by atoms with Gasteiger partial charge in [0.1, 0.15) is 0 Å². The van der Waals surface area contributed by atoms with E-state index in [1.807, 2.05) is 25.1 Å². The van der Waals surface area contributed by atoms with Crippen molar-refractivity contribution in [2.24, 2.45) is 0 Å². The Hall–Kier alpha value is -3.50. The summed E-state index contributed by atoms with van der Waals surface area (Å²) >= 11 is 0. The molecule has 1 aliphatic rings. The number of aliphatic hydroxyl groups is 1. The van der Waals surface area contributed by atoms with E-state index in [0.29, 0.717) is 17.6 Å². The van der Waals surface area contributed by atoms with Crippen LogP contribution in [0.2, 0.25) is 0 Å². The lowest BCUT2D eigenvalue weighted by molar-refractivity contribution is 0.0225. The van der Waals surface area contributed by atoms with Gasteiger partial charge in [-0.15, -0.1) is 12.8 Å². The van der Waals surface area contributed by atoms with Crippen LogP contribution in [0.5, 0.6) is 0 Å². The molecule has 0 bridgehead atoms. The normalized spacial score (nSPS) is 14.3. The summed E-state index contributed by atoms with van der Waals surface area (Å²) in [6.45, 7) is 2.32. The molecule has 2 aromatic heterocycles. The smallest absolute Gasteiger partial charge is 0.251 e. The average Bonchev–Trinajstić information content (AvgIpc) is 2.79. The first-order valence-electron chi connectivity index (χ1n) is 10.2. The van der Waals surface area contributed by atoms with Gasteiger partial charge in [0.2, 0.25) is 5.95 Å². The van der Waals surface area contributed by atoms with Crippen molar-refractivity contribution in [3.05, 3.63) is 60.0 Å². The second-order valence-corrected chi connectivity index (χ2v) is 7.56. The molecule has 3 aromatic rings. The van der Waals surface area contributed by atoms with Crippen LogP contribution in [0.4, 0.5) is 5.95 Å². The molecule has 162 valence electrons. The molecule has 0 spiro atoms. The fourth-order valence-corrected chi connectivity index (χ4v) is 3.27. The van der Waals surface area contributed by atoms with Crippen LogP contribution < -0.4 is 11.1 Å². The minimum atomic E-state index is -0.321. The number of hydrogen-bond acceptors (Lipinski definition) is 6. The molecular weight excluding hydrogens is 390 g/mol. The van der Waals surface area contributed by atoms with Gasteiger partial charge in [0, 0.05) is 23.3 Å². The summed E-state index contributed by atoms with van der Waals surface area (Å²) in [5.74, 6) is 0.00767. The van der Waals surface area contributed by atoms with Crippen molar-refractivity contribution in [1.82, 2.24) is 20.3 Å². The zero-order valence-corrected chi connectivity index (χ0v) is 17.8. The molecule has 4 N–H and O–H groups in total. The van der Waals surface area contributed by atoms with Crippen LogP contribution in [-0.4, -0.2) is 31.6 Å². The van der Waals surface area contributed by atoms with Gasteiger partial charge < -0.3 is 16.2 Å². The zero-order valence-electron chi connectivity index (χ0n) is 17.8. The Morgan fingerprint density at radius 3 is 2.52 bits per heavy atom. The summed E-state index contributed by atoms with van der Waals surface area (Å²) in [4.78, 5) is 24.3. The fraction of sp³-hybridized carbons (Fsp3) is 0.333. The second kappa shape index (κ2) is 11.6. The van der Waals surface area contributed by atoms with Gasteiger partial charge in [0.05, 0.1) is 23.4 Å². The number of hydrogen-bond donors (Lipinski definition) is 3. The number of nitrogen functional groups attached to an aromatic ring is 1. The Labute approximate surface area is 183 Å². The van der Waals surface area contributed by atoms with Crippen LogP contribution in [0.25, 0.3) is 10.9 Å². The molecule has 1 amide bonds. The van der Waals surface area contributed by atoms with Gasteiger partial charge in [0.15, 0.2) is 0 Å². The number of nitrogens with two attached hydrogens (primary N) is 1. The standard InChI is InChI=1S/C15H13N5O.C7H14O.C2H2/c16-15-19-8-11-5-4-10(7-13(11)20-15)14(21)18-9-12-3-1-2-6-17-12;1-7(8)5-3-2-4-6-7;1-2/h1-8H,9H2,(H,18,21)(H2,16,19,20);8H,2-6H2,1H3;1-2H. The number of carbonyl (C=O) groups is 1. The van der Waals surface area contributed by atoms with Crippen molar-refractivity contribution in [1.29, 1.82) is 0 Å². The Kier molecular flexibility index (Phi) is 8.92. The average molecular weight is 420 g/mol. The molecule has 1 aromatic carbocycles. The number of anilines is 1. The van der Waals surface area contributed by atoms with Gasteiger partial charge in [-0.1, -0.05) is 31.4 Å². The number of pyridine rings is 1. The summed E-state index contributed by atoms with van der Waals surface area (Å²) in [5, 5.41) is 13.0. The number of nitrogens with zero attached hydrogens (tertiary/aromatic N) is 3. The highest BCUT2D eigenvalue weighted by Gasteiger charge is 2.22. The number of aromatic nitrogens is 3. The van der Waals surface area contributed by atoms with E-state index in [1.54, 1.807) is 30.6 Å². The van der Waals surface area contributed by atoms with E-state index in [1.165, 1.54) is 19.3 Å². The van der Waals surface area contributed by atoms with Crippen molar-refractivity contribution in [3.8, 4) is 12.8 Å². The van der Waals surface area contributed by atoms with Gasteiger partial charge in [0.25, 0.3) is 5.91 Å². The lowest BCUT2D eigenvalue weighted by Gasteiger charge is -2.27. The molecule has 4 rings (SSSR count). The van der Waals surface area contributed by atoms with E-state index in [9.17, 15) is 9.90 Å². The SMILES string of the molecule is C#C.CC1(O)CCCCC1.Nc1ncc2ccc(C(=O)NCc3ccccn3)cc2n1. The maximum Gasteiger partial charge on any atom is 0.251 e. The molecule has 31 heavy (non-hydrogen) atoms. The van der Waals surface area contributed by atoms with Crippen LogP contribution in [0.3, 0.4) is 0 Å². The quantitative estimate of drug-likeness (QED) is 0.560. The van der Waals surface area contributed by atoms with Crippen LogP contribution in [0, 0.1) is 12.8 Å². The highest BCUT2D eigenvalue weighted by molar-refractivity contribution is 5.97. The van der Waals surface area contributed by atoms with Gasteiger partial charge in [-0.2, -0.15) is 0 Å². The molecule has 2 heterocycles. The summed E-state index contributed by atoms with van der Waals surface area (Å²) in [6.07, 6.45) is 17.1. The van der Waals surface area contributed by atoms with Gasteiger partial charge in [-0.25, -0.2) is 9.97 Å². The number of amides is 1. The van der Waals surface area contributed by atoms with Crippen LogP contribution in [-0.2, 0) is 6.54 Å². The number of nitrogens with one attached hydrogen (secondary N) is 1. The van der Waals surface area contributed by atoms with Crippen molar-refractivity contribution < 1.29 is 9.90 Å². The molecule has 0 unspecified atom stereocenters. The molecule has 1 fully saturated rings. The molecule has 1 aliphatic carbocycles. The maximum absolute atomic E-state index is 12.1. The molecule has 7 heteroatoms. The zero-order chi connectivity index (χ0) is 22.7. The minimum absolute atomic E-state index is 0.181. The predicted molar refractivity (Wildman–Crippen MR) is 123 cm³/mol. The maximum atomic E-state index is 12.1. The highest BCUT2D eigenvalue weighted by Crippen LogP contribution is 2.26. The van der Waals surface area contributed by atoms with E-state index in [0.717, 1.165) is 23.9 Å². The number of rotatable bonds is 3. The monoisotopic (exact) mass is 419 g/mol. The van der Waals surface area contributed by atoms with E-state index < -0.39 is 0 Å². The van der Waals surface area contributed by atoms with Crippen LogP contribution >= 0.6 is 0 Å². The summed E-state index contributed by atoms with van der Waals surface area (Å²) in [6, 6.07) is 10.8. The lowest BCUT2D eigenvalue weighted by Crippen LogP contribution is -2.26. The summed E-state index contributed by atoms with van der Waals surface area (Å²) < 4.78 is 0. The number of carbonyl (C=O) groups excluding carboxylic acids is 1. The molecule has 0 aliphatic heterocycles. The Morgan fingerprint density at radius 1 is 1.16 bits per heavy atom. The predicted octanol–water partition coefficient (Wildman–Crippen LogP) is 3.49. The Balaban J connectivity index is 0.000000286. The van der Waals surface area contributed by atoms with Crippen molar-refractivity contribution in [3.63, 3.8) is 0 Å². The van der Waals surface area contributed by atoms with E-state index in [-0.39, 0.29) is 17.5 Å². The van der Waals surface area contributed by atoms with E-state index >= 15 is 0 Å². The van der Waals surface area contributed by atoms with Crippen molar-refractivity contribution in [2.45, 2.75) is 51.2 Å². The Bertz CT molecular complexity index is 995. The van der Waals surface area contributed by atoms with E-state index in [2.05, 4.69) is 33.1 Å². The van der Waals surface area contributed by atoms with Gasteiger partial charge in [-0.3, -0.25) is 9.78 Å². The van der Waals surface area contributed by atoms with Gasteiger partial charge in [-0.05, 0) is 44.0 Å². The Morgan fingerprint density at radius 2 is 1.90 bits per heavy atom. The van der Waals surface area contributed by atoms with Crippen molar-refractivity contribution in [2.75, 3.05) is 5.73 Å². The highest BCUT2D eigenvalue weighted by atomic mass is 16.3. The number of fused-ring (bicyclic) bond motifs is 1. The third kappa shape index (κ3) is 7.68. The summed E-state index contributed by atoms with van der Waals surface area (Å²) in [7, 11) is 0. The molecule has 0 radical (unpaired) electrons. The van der Waals surface area contributed by atoms with Gasteiger partial charge >= 0.3 is 0 Å². The molecular formula is C24H29N5O2. The van der Waals surface area contributed by atoms with Crippen molar-refractivity contribution >= 4 is 22.8 Å². The van der Waals surface area contributed by atoms with E-state index in [4.69, 9.17) is 5.73 Å². The molecule has 0 atom stereocenters. The number of benzene rings is 1. The molecule has 7 nitrogen and oxygen atoms in total. The first-order chi connectivity index (χ1) is 14.9. The van der Waals surface area contributed by atoms with Crippen LogP contribution in [0.1, 0.15) is 55.1 Å². The first-order valence-corrected chi connectivity index (χ1v) is 10.2. The fourth-order valence-electron chi connectivity index (χ4n) is 3.27. The first kappa shape index (κ1) is 23.8. The summed E-state index contributed by atoms with van der Waals surface area (Å²) in [5.41, 5.74) is 7.21. The third-order valence-corrected chi connectivity index (χ3v) is 4.95. The molecule has 1 saturated carbocycles. The molecule has 0 saturated heterocycles. The number of terminal acetylenes is 1. The largest absolute Gasteiger partial charge is 0.390 e. The second-order valence-electron chi connectivity index (χ2n) is 7.56. The minimum Gasteiger partial charge on any atom is -0.390 e.